The van der Waals surface area contributed by atoms with Crippen LogP contribution in [0.2, 0.25) is 0 Å². The number of hydrogen-bond donors (Lipinski definition) is 2. The number of benzene rings is 2. The minimum Gasteiger partial charge on any atom is -0.350 e. The molecular weight excluding hydrogens is 324 g/mol. The molecule has 5 heteroatoms. The summed E-state index contributed by atoms with van der Waals surface area (Å²) in [4.78, 5) is 12.2. The zero-order valence-corrected chi connectivity index (χ0v) is 15.0. The smallest absolute Gasteiger partial charge is 0.271 e. The molecule has 1 aromatic heterocycles. The van der Waals surface area contributed by atoms with Crippen molar-refractivity contribution >= 4 is 17.4 Å². The van der Waals surface area contributed by atoms with Crippen molar-refractivity contribution in [2.24, 2.45) is 0 Å². The van der Waals surface area contributed by atoms with Crippen LogP contribution < -0.4 is 10.6 Å². The summed E-state index contributed by atoms with van der Waals surface area (Å²) < 4.78 is 0. The minimum atomic E-state index is -0.216. The second-order valence-electron chi connectivity index (χ2n) is 6.19. The van der Waals surface area contributed by atoms with Gasteiger partial charge in [0.25, 0.3) is 5.91 Å². The van der Waals surface area contributed by atoms with Crippen LogP contribution in [0, 0.1) is 13.8 Å². The maximum atomic E-state index is 12.2. The van der Waals surface area contributed by atoms with Crippen LogP contribution >= 0.6 is 0 Å². The van der Waals surface area contributed by atoms with Crippen molar-refractivity contribution in [3.8, 4) is 0 Å². The monoisotopic (exact) mass is 346 g/mol. The molecule has 0 spiro atoms. The number of rotatable bonds is 6. The first-order valence-electron chi connectivity index (χ1n) is 8.62. The summed E-state index contributed by atoms with van der Waals surface area (Å²) in [6.07, 6.45) is 0.784. The quantitative estimate of drug-likeness (QED) is 0.712. The van der Waals surface area contributed by atoms with E-state index in [2.05, 4.69) is 20.8 Å². The van der Waals surface area contributed by atoms with Gasteiger partial charge < -0.3 is 10.6 Å². The fourth-order valence-corrected chi connectivity index (χ4v) is 2.72. The van der Waals surface area contributed by atoms with E-state index < -0.39 is 0 Å². The van der Waals surface area contributed by atoms with Crippen molar-refractivity contribution in [1.29, 1.82) is 0 Å². The lowest BCUT2D eigenvalue weighted by atomic mass is 10.1. The fourth-order valence-electron chi connectivity index (χ4n) is 2.72. The van der Waals surface area contributed by atoms with E-state index in [1.54, 1.807) is 12.1 Å². The van der Waals surface area contributed by atoms with Gasteiger partial charge in [-0.15, -0.1) is 10.2 Å². The van der Waals surface area contributed by atoms with Crippen LogP contribution in [0.15, 0.2) is 60.7 Å². The number of carbonyl (C=O) groups is 1. The first kappa shape index (κ1) is 17.6. The van der Waals surface area contributed by atoms with Gasteiger partial charge in [0.2, 0.25) is 0 Å². The van der Waals surface area contributed by atoms with Crippen LogP contribution in [0.25, 0.3) is 0 Å². The van der Waals surface area contributed by atoms with E-state index >= 15 is 0 Å². The molecule has 0 saturated carbocycles. The highest BCUT2D eigenvalue weighted by molar-refractivity contribution is 5.92. The molecule has 3 rings (SSSR count). The molecule has 2 aromatic carbocycles. The molecule has 0 atom stereocenters. The highest BCUT2D eigenvalue weighted by atomic mass is 16.1. The third-order valence-corrected chi connectivity index (χ3v) is 4.17. The predicted octanol–water partition coefficient (Wildman–Crippen LogP) is 3.81. The Bertz CT molecular complexity index is 856. The summed E-state index contributed by atoms with van der Waals surface area (Å²) >= 11 is 0. The van der Waals surface area contributed by atoms with Crippen LogP contribution in [0.4, 0.5) is 11.5 Å². The van der Waals surface area contributed by atoms with Crippen LogP contribution in [0.5, 0.6) is 0 Å². The van der Waals surface area contributed by atoms with E-state index in [1.165, 1.54) is 5.56 Å². The van der Waals surface area contributed by atoms with Gasteiger partial charge in [-0.05, 0) is 49.1 Å². The zero-order chi connectivity index (χ0) is 18.4. The number of anilines is 2. The maximum Gasteiger partial charge on any atom is 0.271 e. The SMILES string of the molecule is Cc1cccc(C)c1Nc1ccc(C(=O)NCCc2ccccc2)nn1. The molecular formula is C21H22N4O. The molecule has 0 fully saturated rings. The maximum absolute atomic E-state index is 12.2. The Kier molecular flexibility index (Phi) is 5.59. The van der Waals surface area contributed by atoms with Crippen molar-refractivity contribution in [3.05, 3.63) is 83.0 Å². The van der Waals surface area contributed by atoms with Crippen LogP contribution in [-0.2, 0) is 6.42 Å². The Morgan fingerprint density at radius 3 is 2.27 bits per heavy atom. The second kappa shape index (κ2) is 8.25. The van der Waals surface area contributed by atoms with E-state index in [1.807, 2.05) is 62.4 Å². The molecule has 3 aromatic rings. The molecule has 2 N–H and O–H groups in total. The van der Waals surface area contributed by atoms with Gasteiger partial charge in [0.05, 0.1) is 0 Å². The third-order valence-electron chi connectivity index (χ3n) is 4.17. The molecule has 0 saturated heterocycles. The highest BCUT2D eigenvalue weighted by Gasteiger charge is 2.09. The van der Waals surface area contributed by atoms with Gasteiger partial charge in [-0.2, -0.15) is 0 Å². The fraction of sp³-hybridized carbons (Fsp3) is 0.190. The Hall–Kier alpha value is -3.21. The predicted molar refractivity (Wildman–Crippen MR) is 104 cm³/mol. The van der Waals surface area contributed by atoms with E-state index in [9.17, 15) is 4.79 Å². The molecule has 0 aliphatic rings. The summed E-state index contributed by atoms with van der Waals surface area (Å²) in [6.45, 7) is 4.64. The zero-order valence-electron chi connectivity index (χ0n) is 15.0. The Morgan fingerprint density at radius 1 is 0.885 bits per heavy atom. The second-order valence-corrected chi connectivity index (χ2v) is 6.19. The molecule has 0 unspecified atom stereocenters. The van der Waals surface area contributed by atoms with Crippen LogP contribution in [-0.4, -0.2) is 22.6 Å². The molecule has 0 bridgehead atoms. The van der Waals surface area contributed by atoms with Gasteiger partial charge in [0.15, 0.2) is 11.5 Å². The largest absolute Gasteiger partial charge is 0.350 e. The van der Waals surface area contributed by atoms with Gasteiger partial charge in [0, 0.05) is 12.2 Å². The number of aromatic nitrogens is 2. The number of aryl methyl sites for hydroxylation is 2. The van der Waals surface area contributed by atoms with Gasteiger partial charge in [-0.25, -0.2) is 0 Å². The van der Waals surface area contributed by atoms with Crippen molar-refractivity contribution in [3.63, 3.8) is 0 Å². The van der Waals surface area contributed by atoms with E-state index in [0.29, 0.717) is 18.1 Å². The summed E-state index contributed by atoms with van der Waals surface area (Å²) in [5.74, 6) is 0.398. The number of nitrogens with zero attached hydrogens (tertiary/aromatic N) is 2. The summed E-state index contributed by atoms with van der Waals surface area (Å²) in [5.41, 5.74) is 4.78. The summed E-state index contributed by atoms with van der Waals surface area (Å²) in [6, 6.07) is 19.6. The molecule has 0 aliphatic heterocycles. The van der Waals surface area contributed by atoms with Gasteiger partial charge in [-0.3, -0.25) is 4.79 Å². The number of carbonyl (C=O) groups excluding carboxylic acids is 1. The van der Waals surface area contributed by atoms with Gasteiger partial charge in [-0.1, -0.05) is 48.5 Å². The normalized spacial score (nSPS) is 10.4. The first-order chi connectivity index (χ1) is 12.6. The average molecular weight is 346 g/mol. The first-order valence-corrected chi connectivity index (χ1v) is 8.62. The van der Waals surface area contributed by atoms with Crippen LogP contribution in [0.3, 0.4) is 0 Å². The van der Waals surface area contributed by atoms with Crippen molar-refractivity contribution in [1.82, 2.24) is 15.5 Å². The van der Waals surface area contributed by atoms with E-state index in [-0.39, 0.29) is 5.91 Å². The van der Waals surface area contributed by atoms with Gasteiger partial charge >= 0.3 is 0 Å². The molecule has 0 radical (unpaired) electrons. The molecule has 1 heterocycles. The van der Waals surface area contributed by atoms with Crippen molar-refractivity contribution in [2.45, 2.75) is 20.3 Å². The lowest BCUT2D eigenvalue weighted by Gasteiger charge is -2.11. The highest BCUT2D eigenvalue weighted by Crippen LogP contribution is 2.22. The topological polar surface area (TPSA) is 66.9 Å². The third kappa shape index (κ3) is 4.45. The minimum absolute atomic E-state index is 0.216. The van der Waals surface area contributed by atoms with Gasteiger partial charge in [0.1, 0.15) is 0 Å². The average Bonchev–Trinajstić information content (AvgIpc) is 2.66. The van der Waals surface area contributed by atoms with Crippen molar-refractivity contribution < 1.29 is 4.79 Å². The van der Waals surface area contributed by atoms with Crippen molar-refractivity contribution in [2.75, 3.05) is 11.9 Å². The summed E-state index contributed by atoms with van der Waals surface area (Å²) in [7, 11) is 0. The van der Waals surface area contributed by atoms with E-state index in [0.717, 1.165) is 23.2 Å². The number of nitrogens with one attached hydrogen (secondary N) is 2. The lowest BCUT2D eigenvalue weighted by Crippen LogP contribution is -2.26. The number of hydrogen-bond acceptors (Lipinski definition) is 4. The molecule has 132 valence electrons. The number of amides is 1. The van der Waals surface area contributed by atoms with Crippen LogP contribution in [0.1, 0.15) is 27.2 Å². The molecule has 1 amide bonds. The molecule has 26 heavy (non-hydrogen) atoms. The Labute approximate surface area is 153 Å². The molecule has 0 aliphatic carbocycles. The Balaban J connectivity index is 1.57. The number of para-hydroxylation sites is 1. The summed E-state index contributed by atoms with van der Waals surface area (Å²) in [5, 5.41) is 14.3. The standard InChI is InChI=1S/C21H22N4O/c1-15-7-6-8-16(2)20(15)23-19-12-11-18(24-25-19)21(26)22-14-13-17-9-4-3-5-10-17/h3-12H,13-14H2,1-2H3,(H,22,26)(H,23,25). The molecule has 5 nitrogen and oxygen atoms in total. The van der Waals surface area contributed by atoms with E-state index in [4.69, 9.17) is 0 Å². The Morgan fingerprint density at radius 2 is 1.62 bits per heavy atom. The lowest BCUT2D eigenvalue weighted by molar-refractivity contribution is 0.0948.